The number of hydrogen-bond donors (Lipinski definition) is 1. The number of sulfonamides is 1. The Hall–Kier alpha value is -2.38. The van der Waals surface area contributed by atoms with E-state index in [1.165, 1.54) is 4.31 Å². The summed E-state index contributed by atoms with van der Waals surface area (Å²) in [7, 11) is -2.00. The van der Waals surface area contributed by atoms with Crippen molar-refractivity contribution in [1.29, 1.82) is 0 Å². The first-order valence-electron chi connectivity index (χ1n) is 10.2. The Morgan fingerprint density at radius 2 is 1.90 bits per heavy atom. The second kappa shape index (κ2) is 8.78. The van der Waals surface area contributed by atoms with E-state index in [0.29, 0.717) is 12.8 Å². The molecule has 1 N–H and O–H groups in total. The van der Waals surface area contributed by atoms with Crippen molar-refractivity contribution in [2.45, 2.75) is 56.6 Å². The highest BCUT2D eigenvalue weighted by molar-refractivity contribution is 7.89. The predicted molar refractivity (Wildman–Crippen MR) is 117 cm³/mol. The van der Waals surface area contributed by atoms with Crippen LogP contribution in [0.1, 0.15) is 50.3 Å². The van der Waals surface area contributed by atoms with Gasteiger partial charge in [0.05, 0.1) is 10.9 Å². The highest BCUT2D eigenvalue weighted by Crippen LogP contribution is 2.39. The molecule has 1 aliphatic rings. The molecule has 30 heavy (non-hydrogen) atoms. The number of rotatable bonds is 7. The molecule has 1 aliphatic heterocycles. The maximum absolute atomic E-state index is 12.6. The Bertz CT molecular complexity index is 1000. The molecule has 0 aliphatic carbocycles. The molecule has 0 unspecified atom stereocenters. The molecule has 1 heterocycles. The van der Waals surface area contributed by atoms with Gasteiger partial charge in [-0.25, -0.2) is 12.7 Å². The molecule has 0 saturated heterocycles. The SMILES string of the molecule is Cc1ccc2c(c1)[C@H](NC(=O)CCCN(C)S(=O)(=O)c1ccccc1)CC(C)(C)O2. The number of ether oxygens (including phenoxy) is 1. The summed E-state index contributed by atoms with van der Waals surface area (Å²) < 4.78 is 32.5. The number of fused-ring (bicyclic) bond motifs is 1. The third kappa shape index (κ3) is 5.21. The summed E-state index contributed by atoms with van der Waals surface area (Å²) >= 11 is 0. The summed E-state index contributed by atoms with van der Waals surface area (Å²) in [5.74, 6) is 0.714. The quantitative estimate of drug-likeness (QED) is 0.725. The molecule has 0 radical (unpaired) electrons. The first-order valence-corrected chi connectivity index (χ1v) is 11.6. The lowest BCUT2D eigenvalue weighted by Gasteiger charge is -2.38. The van der Waals surface area contributed by atoms with E-state index in [4.69, 9.17) is 4.74 Å². The third-order valence-electron chi connectivity index (χ3n) is 5.29. The van der Waals surface area contributed by atoms with Crippen LogP contribution in [0.3, 0.4) is 0 Å². The van der Waals surface area contributed by atoms with Crippen LogP contribution in [0.4, 0.5) is 0 Å². The van der Waals surface area contributed by atoms with Crippen LogP contribution < -0.4 is 10.1 Å². The largest absolute Gasteiger partial charge is 0.487 e. The van der Waals surface area contributed by atoms with E-state index >= 15 is 0 Å². The molecule has 1 atom stereocenters. The zero-order chi connectivity index (χ0) is 21.9. The second-order valence-corrected chi connectivity index (χ2v) is 10.5. The molecule has 0 saturated carbocycles. The van der Waals surface area contributed by atoms with Gasteiger partial charge in [-0.05, 0) is 45.4 Å². The normalized spacial score (nSPS) is 17.8. The van der Waals surface area contributed by atoms with Gasteiger partial charge in [-0.1, -0.05) is 35.9 Å². The monoisotopic (exact) mass is 430 g/mol. The maximum atomic E-state index is 12.6. The molecule has 0 bridgehead atoms. The number of carbonyl (C=O) groups is 1. The minimum atomic E-state index is -3.54. The lowest BCUT2D eigenvalue weighted by Crippen LogP contribution is -2.41. The minimum Gasteiger partial charge on any atom is -0.487 e. The van der Waals surface area contributed by atoms with Crippen molar-refractivity contribution in [3.8, 4) is 5.75 Å². The van der Waals surface area contributed by atoms with Crippen molar-refractivity contribution in [2.75, 3.05) is 13.6 Å². The molecule has 1 amide bonds. The van der Waals surface area contributed by atoms with Crippen LogP contribution in [0.15, 0.2) is 53.4 Å². The number of nitrogens with zero attached hydrogens (tertiary/aromatic N) is 1. The molecule has 3 rings (SSSR count). The van der Waals surface area contributed by atoms with Gasteiger partial charge in [-0.3, -0.25) is 4.79 Å². The topological polar surface area (TPSA) is 75.7 Å². The van der Waals surface area contributed by atoms with Crippen molar-refractivity contribution in [3.63, 3.8) is 0 Å². The number of nitrogens with one attached hydrogen (secondary N) is 1. The average molecular weight is 431 g/mol. The van der Waals surface area contributed by atoms with Gasteiger partial charge in [0.15, 0.2) is 0 Å². The number of hydrogen-bond acceptors (Lipinski definition) is 4. The maximum Gasteiger partial charge on any atom is 0.242 e. The fraction of sp³-hybridized carbons (Fsp3) is 0.435. The van der Waals surface area contributed by atoms with Gasteiger partial charge in [-0.2, -0.15) is 0 Å². The summed E-state index contributed by atoms with van der Waals surface area (Å²) in [6.45, 7) is 6.32. The molecular weight excluding hydrogens is 400 g/mol. The smallest absolute Gasteiger partial charge is 0.242 e. The number of amides is 1. The van der Waals surface area contributed by atoms with Crippen LogP contribution >= 0.6 is 0 Å². The van der Waals surface area contributed by atoms with Crippen LogP contribution in [0.25, 0.3) is 0 Å². The minimum absolute atomic E-state index is 0.0873. The molecule has 0 aromatic heterocycles. The fourth-order valence-electron chi connectivity index (χ4n) is 3.72. The zero-order valence-electron chi connectivity index (χ0n) is 18.0. The summed E-state index contributed by atoms with van der Waals surface area (Å²) in [6.07, 6.45) is 1.38. The molecule has 0 spiro atoms. The second-order valence-electron chi connectivity index (χ2n) is 8.47. The molecule has 2 aromatic carbocycles. The van der Waals surface area contributed by atoms with Gasteiger partial charge < -0.3 is 10.1 Å². The van der Waals surface area contributed by atoms with E-state index in [2.05, 4.69) is 11.4 Å². The van der Waals surface area contributed by atoms with Crippen molar-refractivity contribution >= 4 is 15.9 Å². The first-order chi connectivity index (χ1) is 14.1. The summed E-state index contributed by atoms with van der Waals surface area (Å²) in [5, 5.41) is 3.12. The number of aryl methyl sites for hydroxylation is 1. The average Bonchev–Trinajstić information content (AvgIpc) is 2.68. The van der Waals surface area contributed by atoms with E-state index in [9.17, 15) is 13.2 Å². The molecule has 6 nitrogen and oxygen atoms in total. The van der Waals surface area contributed by atoms with Crippen molar-refractivity contribution in [3.05, 3.63) is 59.7 Å². The highest BCUT2D eigenvalue weighted by atomic mass is 32.2. The van der Waals surface area contributed by atoms with E-state index < -0.39 is 10.0 Å². The molecule has 2 aromatic rings. The van der Waals surface area contributed by atoms with Crippen molar-refractivity contribution in [2.24, 2.45) is 0 Å². The Kier molecular flexibility index (Phi) is 6.53. The molecule has 7 heteroatoms. The Balaban J connectivity index is 1.58. The summed E-state index contributed by atoms with van der Waals surface area (Å²) in [4.78, 5) is 12.9. The van der Waals surface area contributed by atoms with Gasteiger partial charge in [0, 0.05) is 32.0 Å². The van der Waals surface area contributed by atoms with Crippen molar-refractivity contribution in [1.82, 2.24) is 9.62 Å². The van der Waals surface area contributed by atoms with E-state index in [1.54, 1.807) is 37.4 Å². The lowest BCUT2D eigenvalue weighted by molar-refractivity contribution is -0.122. The third-order valence-corrected chi connectivity index (χ3v) is 7.16. The zero-order valence-corrected chi connectivity index (χ0v) is 18.8. The summed E-state index contributed by atoms with van der Waals surface area (Å²) in [5.41, 5.74) is 1.74. The number of carbonyl (C=O) groups excluding carboxylic acids is 1. The first kappa shape index (κ1) is 22.3. The van der Waals surface area contributed by atoms with Gasteiger partial charge in [0.25, 0.3) is 0 Å². The summed E-state index contributed by atoms with van der Waals surface area (Å²) in [6, 6.07) is 14.2. The van der Waals surface area contributed by atoms with Gasteiger partial charge in [0.2, 0.25) is 15.9 Å². The van der Waals surface area contributed by atoms with E-state index in [1.807, 2.05) is 32.9 Å². The molecule has 0 fully saturated rings. The van der Waals surface area contributed by atoms with Crippen molar-refractivity contribution < 1.29 is 17.9 Å². The Labute approximate surface area is 179 Å². The van der Waals surface area contributed by atoms with Gasteiger partial charge >= 0.3 is 0 Å². The van der Waals surface area contributed by atoms with Crippen LogP contribution in [0, 0.1) is 6.92 Å². The standard InChI is InChI=1S/C23H30N2O4S/c1-17-12-13-21-19(15-17)20(16-23(2,3)29-21)24-22(26)11-8-14-25(4)30(27,28)18-9-6-5-7-10-18/h5-7,9-10,12-13,15,20H,8,11,14,16H2,1-4H3,(H,24,26)/t20-/m1/s1. The molecule has 162 valence electrons. The molecular formula is C23H30N2O4S. The van der Waals surface area contributed by atoms with E-state index in [0.717, 1.165) is 16.9 Å². The predicted octanol–water partition coefficient (Wildman–Crippen LogP) is 3.81. The number of benzene rings is 2. The van der Waals surface area contributed by atoms with Crippen LogP contribution in [0.5, 0.6) is 5.75 Å². The Morgan fingerprint density at radius 1 is 1.20 bits per heavy atom. The lowest BCUT2D eigenvalue weighted by atomic mass is 9.89. The van der Waals surface area contributed by atoms with Gasteiger partial charge in [0.1, 0.15) is 11.4 Å². The van der Waals surface area contributed by atoms with Crippen LogP contribution in [-0.2, 0) is 14.8 Å². The van der Waals surface area contributed by atoms with E-state index in [-0.39, 0.29) is 35.4 Å². The highest BCUT2D eigenvalue weighted by Gasteiger charge is 2.34. The van der Waals surface area contributed by atoms with Gasteiger partial charge in [-0.15, -0.1) is 0 Å². The Morgan fingerprint density at radius 3 is 2.60 bits per heavy atom. The van der Waals surface area contributed by atoms with Crippen LogP contribution in [0.2, 0.25) is 0 Å². The van der Waals surface area contributed by atoms with Crippen LogP contribution in [-0.4, -0.2) is 37.8 Å². The fourth-order valence-corrected chi connectivity index (χ4v) is 4.95.